The summed E-state index contributed by atoms with van der Waals surface area (Å²) in [4.78, 5) is 29.0. The molecule has 0 aliphatic carbocycles. The summed E-state index contributed by atoms with van der Waals surface area (Å²) in [7, 11) is -2.51. The number of nitrogens with zero attached hydrogens (tertiary/aromatic N) is 2. The SMILES string of the molecule is COc1ccccc1N(CC(=O)N(Cc1ccc(F)cc1)C(Cc1ccccc1)C(=O)NCC(C)C)S(C)(=O)=O. The molecule has 3 aromatic carbocycles. The number of halogens is 1. The monoisotopic (exact) mass is 569 g/mol. The third-order valence-corrected chi connectivity index (χ3v) is 7.38. The van der Waals surface area contributed by atoms with Gasteiger partial charge in [0.1, 0.15) is 24.2 Å². The molecule has 10 heteroatoms. The molecule has 1 unspecified atom stereocenters. The predicted molar refractivity (Wildman–Crippen MR) is 154 cm³/mol. The quantitative estimate of drug-likeness (QED) is 0.336. The molecule has 0 aromatic heterocycles. The Hall–Kier alpha value is -3.92. The first-order valence-corrected chi connectivity index (χ1v) is 14.8. The van der Waals surface area contributed by atoms with Crippen LogP contribution in [0.2, 0.25) is 0 Å². The number of para-hydroxylation sites is 2. The van der Waals surface area contributed by atoms with Crippen molar-refractivity contribution in [3.05, 3.63) is 95.8 Å². The molecule has 0 saturated heterocycles. The molecule has 0 heterocycles. The van der Waals surface area contributed by atoms with Gasteiger partial charge in [-0.1, -0.05) is 68.4 Å². The first-order valence-electron chi connectivity index (χ1n) is 13.0. The number of nitrogens with one attached hydrogen (secondary N) is 1. The van der Waals surface area contributed by atoms with Crippen molar-refractivity contribution in [3.8, 4) is 5.75 Å². The minimum atomic E-state index is -3.93. The average Bonchev–Trinajstić information content (AvgIpc) is 2.93. The van der Waals surface area contributed by atoms with E-state index in [0.29, 0.717) is 12.1 Å². The van der Waals surface area contributed by atoms with E-state index < -0.39 is 34.3 Å². The number of rotatable bonds is 13. The summed E-state index contributed by atoms with van der Waals surface area (Å²) in [5.74, 6) is -0.941. The Kier molecular flexibility index (Phi) is 10.7. The normalized spacial score (nSPS) is 12.1. The van der Waals surface area contributed by atoms with Crippen LogP contribution in [0.25, 0.3) is 0 Å². The van der Waals surface area contributed by atoms with E-state index in [0.717, 1.165) is 16.1 Å². The molecule has 0 aliphatic rings. The highest BCUT2D eigenvalue weighted by atomic mass is 32.2. The molecular weight excluding hydrogens is 533 g/mol. The Morgan fingerprint density at radius 2 is 1.55 bits per heavy atom. The van der Waals surface area contributed by atoms with Gasteiger partial charge in [0.25, 0.3) is 0 Å². The van der Waals surface area contributed by atoms with Crippen molar-refractivity contribution in [2.45, 2.75) is 32.9 Å². The second kappa shape index (κ2) is 13.9. The lowest BCUT2D eigenvalue weighted by Gasteiger charge is -2.34. The Balaban J connectivity index is 2.06. The number of carbonyl (C=O) groups excluding carboxylic acids is 2. The predicted octanol–water partition coefficient (Wildman–Crippen LogP) is 4.01. The molecule has 214 valence electrons. The van der Waals surface area contributed by atoms with Gasteiger partial charge in [-0.3, -0.25) is 13.9 Å². The van der Waals surface area contributed by atoms with Crippen molar-refractivity contribution >= 4 is 27.5 Å². The van der Waals surface area contributed by atoms with E-state index >= 15 is 0 Å². The number of carbonyl (C=O) groups is 2. The number of methoxy groups -OCH3 is 1. The Morgan fingerprint density at radius 3 is 2.15 bits per heavy atom. The molecule has 2 amide bonds. The lowest BCUT2D eigenvalue weighted by atomic mass is 10.0. The first kappa shape index (κ1) is 30.6. The van der Waals surface area contributed by atoms with Crippen molar-refractivity contribution in [1.29, 1.82) is 0 Å². The number of benzene rings is 3. The van der Waals surface area contributed by atoms with Crippen molar-refractivity contribution in [1.82, 2.24) is 10.2 Å². The van der Waals surface area contributed by atoms with Gasteiger partial charge in [0.2, 0.25) is 21.8 Å². The topological polar surface area (TPSA) is 96.0 Å². The van der Waals surface area contributed by atoms with Crippen LogP contribution in [0.1, 0.15) is 25.0 Å². The van der Waals surface area contributed by atoms with Crippen molar-refractivity contribution in [2.75, 3.05) is 30.8 Å². The van der Waals surface area contributed by atoms with E-state index in [1.807, 2.05) is 44.2 Å². The summed E-state index contributed by atoms with van der Waals surface area (Å²) in [6.45, 7) is 3.73. The molecule has 0 bridgehead atoms. The number of amides is 2. The number of anilines is 1. The number of hydrogen-bond acceptors (Lipinski definition) is 5. The number of hydrogen-bond donors (Lipinski definition) is 1. The molecule has 3 rings (SSSR count). The van der Waals surface area contributed by atoms with Crippen LogP contribution in [0.4, 0.5) is 10.1 Å². The lowest BCUT2D eigenvalue weighted by molar-refractivity contribution is -0.140. The number of ether oxygens (including phenoxy) is 1. The summed E-state index contributed by atoms with van der Waals surface area (Å²) >= 11 is 0. The molecule has 0 spiro atoms. The fourth-order valence-corrected chi connectivity index (χ4v) is 5.05. The van der Waals surface area contributed by atoms with Crippen LogP contribution in [-0.2, 0) is 32.6 Å². The van der Waals surface area contributed by atoms with Crippen LogP contribution < -0.4 is 14.4 Å². The van der Waals surface area contributed by atoms with Crippen LogP contribution >= 0.6 is 0 Å². The zero-order chi connectivity index (χ0) is 29.3. The summed E-state index contributed by atoms with van der Waals surface area (Å²) in [6, 6.07) is 20.4. The van der Waals surface area contributed by atoms with Crippen LogP contribution in [0.3, 0.4) is 0 Å². The van der Waals surface area contributed by atoms with Crippen LogP contribution in [0, 0.1) is 11.7 Å². The van der Waals surface area contributed by atoms with Gasteiger partial charge < -0.3 is 15.0 Å². The molecule has 1 atom stereocenters. The van der Waals surface area contributed by atoms with Crippen LogP contribution in [0.15, 0.2) is 78.9 Å². The Morgan fingerprint density at radius 1 is 0.925 bits per heavy atom. The second-order valence-corrected chi connectivity index (χ2v) is 11.8. The molecule has 8 nitrogen and oxygen atoms in total. The van der Waals surface area contributed by atoms with Gasteiger partial charge >= 0.3 is 0 Å². The third kappa shape index (κ3) is 8.54. The minimum Gasteiger partial charge on any atom is -0.495 e. The molecule has 0 fully saturated rings. The van der Waals surface area contributed by atoms with Gasteiger partial charge in [-0.2, -0.15) is 0 Å². The molecule has 0 saturated carbocycles. The Labute approximate surface area is 235 Å². The van der Waals surface area contributed by atoms with Crippen molar-refractivity contribution < 1.29 is 27.1 Å². The van der Waals surface area contributed by atoms with E-state index in [-0.39, 0.29) is 36.2 Å². The molecule has 3 aromatic rings. The van der Waals surface area contributed by atoms with Gasteiger partial charge in [-0.25, -0.2) is 12.8 Å². The van der Waals surface area contributed by atoms with E-state index in [1.165, 1.54) is 36.3 Å². The number of sulfonamides is 1. The third-order valence-electron chi connectivity index (χ3n) is 6.25. The highest BCUT2D eigenvalue weighted by molar-refractivity contribution is 7.92. The maximum atomic E-state index is 14.0. The van der Waals surface area contributed by atoms with E-state index in [9.17, 15) is 22.4 Å². The van der Waals surface area contributed by atoms with E-state index in [2.05, 4.69) is 5.32 Å². The summed E-state index contributed by atoms with van der Waals surface area (Å²) in [5, 5.41) is 2.92. The lowest BCUT2D eigenvalue weighted by Crippen LogP contribution is -2.53. The van der Waals surface area contributed by atoms with Gasteiger partial charge in [-0.05, 0) is 41.3 Å². The first-order chi connectivity index (χ1) is 19.0. The largest absolute Gasteiger partial charge is 0.495 e. The standard InChI is InChI=1S/C30H36FN3O5S/c1-22(2)19-32-30(36)27(18-23-10-6-5-7-11-23)33(20-24-14-16-25(31)17-15-24)29(35)21-34(40(4,37)38)26-12-8-9-13-28(26)39-3/h5-17,22,27H,18-21H2,1-4H3,(H,32,36). The molecule has 0 radical (unpaired) electrons. The van der Waals surface area contributed by atoms with Gasteiger partial charge in [0.05, 0.1) is 19.1 Å². The molecular formula is C30H36FN3O5S. The summed E-state index contributed by atoms with van der Waals surface area (Å²) in [5.41, 5.74) is 1.62. The zero-order valence-corrected chi connectivity index (χ0v) is 24.0. The van der Waals surface area contributed by atoms with Crippen molar-refractivity contribution in [3.63, 3.8) is 0 Å². The average molecular weight is 570 g/mol. The smallest absolute Gasteiger partial charge is 0.244 e. The van der Waals surface area contributed by atoms with E-state index in [4.69, 9.17) is 4.74 Å². The highest BCUT2D eigenvalue weighted by Crippen LogP contribution is 2.30. The second-order valence-electron chi connectivity index (χ2n) is 9.93. The summed E-state index contributed by atoms with van der Waals surface area (Å²) < 4.78 is 45.8. The Bertz CT molecular complexity index is 1380. The maximum Gasteiger partial charge on any atom is 0.244 e. The van der Waals surface area contributed by atoms with Crippen molar-refractivity contribution in [2.24, 2.45) is 5.92 Å². The minimum absolute atomic E-state index is 0.0325. The fourth-order valence-electron chi connectivity index (χ4n) is 4.19. The van der Waals surface area contributed by atoms with E-state index in [1.54, 1.807) is 24.3 Å². The van der Waals surface area contributed by atoms with Gasteiger partial charge in [0.15, 0.2) is 0 Å². The fraction of sp³-hybridized carbons (Fsp3) is 0.333. The maximum absolute atomic E-state index is 14.0. The van der Waals surface area contributed by atoms with Crippen LogP contribution in [-0.4, -0.2) is 57.6 Å². The summed E-state index contributed by atoms with van der Waals surface area (Å²) in [6.07, 6.45) is 1.21. The molecule has 1 N–H and O–H groups in total. The zero-order valence-electron chi connectivity index (χ0n) is 23.2. The van der Waals surface area contributed by atoms with Gasteiger partial charge in [-0.15, -0.1) is 0 Å². The van der Waals surface area contributed by atoms with Gasteiger partial charge in [0, 0.05) is 19.5 Å². The highest BCUT2D eigenvalue weighted by Gasteiger charge is 2.33. The van der Waals surface area contributed by atoms with Crippen LogP contribution in [0.5, 0.6) is 5.75 Å². The molecule has 0 aliphatic heterocycles. The molecule has 40 heavy (non-hydrogen) atoms.